The van der Waals surface area contributed by atoms with Crippen LogP contribution in [-0.2, 0) is 0 Å². The maximum atomic E-state index is 14.0. The predicted octanol–water partition coefficient (Wildman–Crippen LogP) is 2.80. The molecule has 0 aliphatic carbocycles. The molecule has 7 heteroatoms. The van der Waals surface area contributed by atoms with E-state index in [4.69, 9.17) is 4.74 Å². The van der Waals surface area contributed by atoms with Crippen LogP contribution in [0.1, 0.15) is 5.69 Å². The summed E-state index contributed by atoms with van der Waals surface area (Å²) in [6, 6.07) is 6.41. The van der Waals surface area contributed by atoms with Crippen LogP contribution in [0.15, 0.2) is 36.7 Å². The van der Waals surface area contributed by atoms with Gasteiger partial charge in [-0.05, 0) is 19.1 Å². The maximum Gasteiger partial charge on any atom is 0.183 e. The number of aryl methyl sites for hydroxylation is 1. The molecule has 23 heavy (non-hydrogen) atoms. The smallest absolute Gasteiger partial charge is 0.183 e. The van der Waals surface area contributed by atoms with Gasteiger partial charge in [-0.25, -0.2) is 9.37 Å². The van der Waals surface area contributed by atoms with E-state index < -0.39 is 5.82 Å². The van der Waals surface area contributed by atoms with E-state index in [2.05, 4.69) is 20.2 Å². The Kier molecular flexibility index (Phi) is 2.94. The lowest BCUT2D eigenvalue weighted by Gasteiger charge is -2.08. The number of hydrogen-bond acceptors (Lipinski definition) is 5. The van der Waals surface area contributed by atoms with Gasteiger partial charge in [-0.15, -0.1) is 10.2 Å². The Labute approximate surface area is 130 Å². The molecule has 0 unspecified atom stereocenters. The van der Waals surface area contributed by atoms with Crippen molar-refractivity contribution in [3.63, 3.8) is 0 Å². The van der Waals surface area contributed by atoms with Gasteiger partial charge in [0, 0.05) is 30.1 Å². The van der Waals surface area contributed by atoms with E-state index in [-0.39, 0.29) is 0 Å². The minimum Gasteiger partial charge on any atom is -0.494 e. The zero-order chi connectivity index (χ0) is 16.0. The molecule has 0 radical (unpaired) electrons. The molecule has 0 bridgehead atoms. The molecule has 0 N–H and O–H groups in total. The molecule has 114 valence electrons. The van der Waals surface area contributed by atoms with Gasteiger partial charge in [0.25, 0.3) is 0 Å². The first-order chi connectivity index (χ1) is 11.2. The first kappa shape index (κ1) is 13.6. The largest absolute Gasteiger partial charge is 0.494 e. The van der Waals surface area contributed by atoms with Crippen molar-refractivity contribution in [2.75, 3.05) is 7.11 Å². The number of fused-ring (bicyclic) bond motifs is 3. The van der Waals surface area contributed by atoms with Gasteiger partial charge < -0.3 is 4.74 Å². The molecule has 0 fully saturated rings. The predicted molar refractivity (Wildman–Crippen MR) is 82.8 cm³/mol. The topological polar surface area (TPSA) is 65.2 Å². The Hall–Kier alpha value is -3.09. The second-order valence-electron chi connectivity index (χ2n) is 5.10. The van der Waals surface area contributed by atoms with Crippen molar-refractivity contribution in [2.24, 2.45) is 0 Å². The van der Waals surface area contributed by atoms with Gasteiger partial charge in [0.1, 0.15) is 11.6 Å². The Balaban J connectivity index is 2.19. The van der Waals surface area contributed by atoms with Crippen LogP contribution in [0.5, 0.6) is 5.75 Å². The van der Waals surface area contributed by atoms with Crippen LogP contribution in [0.4, 0.5) is 4.39 Å². The molecule has 0 saturated carbocycles. The average molecular weight is 309 g/mol. The standard InChI is InChI=1S/C16H12FN5O/c1-9-15-21-20-14-12(6-11(17)7-13(14)23-2)22(15)16(19-9)10-4-3-5-18-8-10/h3-8H,1-2H3. The molecule has 6 nitrogen and oxygen atoms in total. The molecular weight excluding hydrogens is 297 g/mol. The van der Waals surface area contributed by atoms with Crippen LogP contribution in [0.2, 0.25) is 0 Å². The zero-order valence-corrected chi connectivity index (χ0v) is 12.5. The highest BCUT2D eigenvalue weighted by atomic mass is 19.1. The van der Waals surface area contributed by atoms with Crippen molar-refractivity contribution >= 4 is 16.7 Å². The first-order valence-electron chi connectivity index (χ1n) is 6.98. The fourth-order valence-electron chi connectivity index (χ4n) is 2.64. The van der Waals surface area contributed by atoms with E-state index >= 15 is 0 Å². The number of nitrogens with zero attached hydrogens (tertiary/aromatic N) is 5. The highest BCUT2D eigenvalue weighted by Gasteiger charge is 2.17. The molecule has 0 amide bonds. The van der Waals surface area contributed by atoms with Gasteiger partial charge in [0.05, 0.1) is 18.3 Å². The van der Waals surface area contributed by atoms with Crippen LogP contribution in [0, 0.1) is 12.7 Å². The fraction of sp³-hybridized carbons (Fsp3) is 0.125. The van der Waals surface area contributed by atoms with Crippen molar-refractivity contribution in [3.8, 4) is 17.1 Å². The molecule has 3 heterocycles. The zero-order valence-electron chi connectivity index (χ0n) is 12.5. The number of rotatable bonds is 2. The summed E-state index contributed by atoms with van der Waals surface area (Å²) in [4.78, 5) is 8.67. The Morgan fingerprint density at radius 2 is 2.09 bits per heavy atom. The third-order valence-electron chi connectivity index (χ3n) is 3.67. The van der Waals surface area contributed by atoms with Gasteiger partial charge in [-0.2, -0.15) is 0 Å². The minimum atomic E-state index is -0.410. The summed E-state index contributed by atoms with van der Waals surface area (Å²) in [5, 5.41) is 8.39. The molecular formula is C16H12FN5O. The number of pyridine rings is 1. The highest BCUT2D eigenvalue weighted by molar-refractivity contribution is 5.85. The van der Waals surface area contributed by atoms with Crippen LogP contribution in [0.25, 0.3) is 28.1 Å². The van der Waals surface area contributed by atoms with E-state index in [9.17, 15) is 4.39 Å². The molecule has 4 aromatic rings. The molecule has 0 spiro atoms. The van der Waals surface area contributed by atoms with E-state index in [0.29, 0.717) is 33.9 Å². The normalized spacial score (nSPS) is 11.3. The number of aromatic nitrogens is 5. The summed E-state index contributed by atoms with van der Waals surface area (Å²) in [6.07, 6.45) is 3.39. The van der Waals surface area contributed by atoms with Crippen molar-refractivity contribution in [3.05, 3.63) is 48.2 Å². The Morgan fingerprint density at radius 1 is 1.22 bits per heavy atom. The van der Waals surface area contributed by atoms with Crippen molar-refractivity contribution in [1.82, 2.24) is 24.6 Å². The highest BCUT2D eigenvalue weighted by Crippen LogP contribution is 2.29. The minimum absolute atomic E-state index is 0.331. The van der Waals surface area contributed by atoms with Crippen LogP contribution < -0.4 is 4.74 Å². The van der Waals surface area contributed by atoms with E-state index in [1.54, 1.807) is 16.8 Å². The Bertz CT molecular complexity index is 1030. The molecule has 0 aliphatic heterocycles. The number of benzene rings is 1. The second kappa shape index (κ2) is 4.98. The summed E-state index contributed by atoms with van der Waals surface area (Å²) >= 11 is 0. The van der Waals surface area contributed by atoms with Gasteiger partial charge in [0.15, 0.2) is 16.9 Å². The molecule has 0 atom stereocenters. The number of hydrogen-bond donors (Lipinski definition) is 0. The summed E-state index contributed by atoms with van der Waals surface area (Å²) in [7, 11) is 1.47. The molecule has 0 saturated heterocycles. The summed E-state index contributed by atoms with van der Waals surface area (Å²) in [5.41, 5.74) is 3.12. The van der Waals surface area contributed by atoms with Gasteiger partial charge in [-0.3, -0.25) is 9.38 Å². The van der Waals surface area contributed by atoms with Gasteiger partial charge >= 0.3 is 0 Å². The lowest BCUT2D eigenvalue weighted by Crippen LogP contribution is -2.00. The third kappa shape index (κ3) is 2.01. The number of halogens is 1. The average Bonchev–Trinajstić information content (AvgIpc) is 2.92. The van der Waals surface area contributed by atoms with Crippen LogP contribution in [0.3, 0.4) is 0 Å². The van der Waals surface area contributed by atoms with Crippen molar-refractivity contribution < 1.29 is 9.13 Å². The lowest BCUT2D eigenvalue weighted by atomic mass is 10.2. The summed E-state index contributed by atoms with van der Waals surface area (Å²) in [5.74, 6) is 0.559. The molecule has 0 aliphatic rings. The summed E-state index contributed by atoms with van der Waals surface area (Å²) in [6.45, 7) is 1.84. The number of methoxy groups -OCH3 is 1. The van der Waals surface area contributed by atoms with Crippen molar-refractivity contribution in [2.45, 2.75) is 6.92 Å². The SMILES string of the molecule is COc1cc(F)cc2c1nnc1c(C)nc(-c3cccnc3)n12. The van der Waals surface area contributed by atoms with Crippen LogP contribution in [-0.4, -0.2) is 31.7 Å². The summed E-state index contributed by atoms with van der Waals surface area (Å²) < 4.78 is 21.0. The molecule has 1 aromatic carbocycles. The van der Waals surface area contributed by atoms with Crippen molar-refractivity contribution in [1.29, 1.82) is 0 Å². The lowest BCUT2D eigenvalue weighted by molar-refractivity contribution is 0.415. The van der Waals surface area contributed by atoms with Gasteiger partial charge in [-0.1, -0.05) is 0 Å². The number of imidazole rings is 1. The van der Waals surface area contributed by atoms with E-state index in [0.717, 1.165) is 5.56 Å². The fourth-order valence-corrected chi connectivity index (χ4v) is 2.64. The van der Waals surface area contributed by atoms with Gasteiger partial charge in [0.2, 0.25) is 0 Å². The number of ether oxygens (including phenoxy) is 1. The van der Waals surface area contributed by atoms with Crippen LogP contribution >= 0.6 is 0 Å². The Morgan fingerprint density at radius 3 is 2.83 bits per heavy atom. The maximum absolute atomic E-state index is 14.0. The van der Waals surface area contributed by atoms with E-state index in [1.807, 2.05) is 19.1 Å². The second-order valence-corrected chi connectivity index (χ2v) is 5.10. The molecule has 4 rings (SSSR count). The van der Waals surface area contributed by atoms with E-state index in [1.165, 1.54) is 19.2 Å². The quantitative estimate of drug-likeness (QED) is 0.569. The monoisotopic (exact) mass is 309 g/mol. The molecule has 3 aromatic heterocycles. The third-order valence-corrected chi connectivity index (χ3v) is 3.67. The first-order valence-corrected chi connectivity index (χ1v) is 6.98.